The maximum atomic E-state index is 14.1. The molecule has 0 spiro atoms. The van der Waals surface area contributed by atoms with Crippen molar-refractivity contribution in [2.75, 3.05) is 12.0 Å². The van der Waals surface area contributed by atoms with Crippen LogP contribution in [0.4, 0.5) is 36.8 Å². The van der Waals surface area contributed by atoms with Crippen LogP contribution in [0.25, 0.3) is 5.69 Å². The van der Waals surface area contributed by atoms with Crippen LogP contribution in [0.1, 0.15) is 36.7 Å². The van der Waals surface area contributed by atoms with Crippen LogP contribution in [-0.4, -0.2) is 32.9 Å². The number of rotatable bonds is 6. The van der Waals surface area contributed by atoms with Gasteiger partial charge >= 0.3 is 29.8 Å². The van der Waals surface area contributed by atoms with E-state index >= 15 is 0 Å². The third kappa shape index (κ3) is 5.22. The second-order valence-corrected chi connectivity index (χ2v) is 10.5. The highest BCUT2D eigenvalue weighted by atomic mass is 19.4. The molecule has 2 amide bonds. The standard InChI is InChI=1S/C29H24F6N4O5/c1-27(2)23(39-25(41)38(26(42)44-39)21-12-7-10-19(15-21)29(33,34)35)37(20-11-6-9-18(14-20)28(30,31)32)24(40)36(27)16-17-8-4-5-13-22(17)43-3/h4-15,23H,16H2,1-3H3. The molecule has 1 unspecified atom stereocenters. The number of hydrogen-bond donors (Lipinski definition) is 0. The highest BCUT2D eigenvalue weighted by Gasteiger charge is 2.55. The number of hydrogen-bond acceptors (Lipinski definition) is 5. The third-order valence-corrected chi connectivity index (χ3v) is 7.37. The van der Waals surface area contributed by atoms with Gasteiger partial charge in [-0.05, 0) is 56.3 Å². The maximum Gasteiger partial charge on any atom is 0.447 e. The van der Waals surface area contributed by atoms with Crippen molar-refractivity contribution in [1.82, 2.24) is 14.2 Å². The Morgan fingerprint density at radius 1 is 0.818 bits per heavy atom. The number of benzene rings is 3. The van der Waals surface area contributed by atoms with Crippen LogP contribution in [0.3, 0.4) is 0 Å². The van der Waals surface area contributed by atoms with E-state index in [4.69, 9.17) is 9.26 Å². The summed E-state index contributed by atoms with van der Waals surface area (Å²) in [6.45, 7) is 2.88. The minimum atomic E-state index is -4.79. The van der Waals surface area contributed by atoms with E-state index in [2.05, 4.69) is 0 Å². The quantitative estimate of drug-likeness (QED) is 0.244. The van der Waals surface area contributed by atoms with Crippen LogP contribution in [0, 0.1) is 0 Å². The molecule has 9 nitrogen and oxygen atoms in total. The lowest BCUT2D eigenvalue weighted by atomic mass is 9.99. The summed E-state index contributed by atoms with van der Waals surface area (Å²) in [7, 11) is 1.41. The summed E-state index contributed by atoms with van der Waals surface area (Å²) in [4.78, 5) is 42.9. The molecule has 4 aromatic rings. The van der Waals surface area contributed by atoms with Crippen LogP contribution < -0.4 is 21.1 Å². The van der Waals surface area contributed by atoms with Crippen molar-refractivity contribution in [2.24, 2.45) is 0 Å². The minimum Gasteiger partial charge on any atom is -0.496 e. The Balaban J connectivity index is 1.70. The molecule has 1 atom stereocenters. The van der Waals surface area contributed by atoms with Crippen molar-refractivity contribution >= 4 is 11.7 Å². The van der Waals surface area contributed by atoms with E-state index in [0.717, 1.165) is 35.2 Å². The molecule has 2 heterocycles. The minimum absolute atomic E-state index is 0.130. The number of amides is 2. The first-order valence-corrected chi connectivity index (χ1v) is 13.0. The Labute approximate surface area is 245 Å². The number of methoxy groups -OCH3 is 1. The monoisotopic (exact) mass is 622 g/mol. The number of carbonyl (C=O) groups is 1. The zero-order chi connectivity index (χ0) is 32.2. The smallest absolute Gasteiger partial charge is 0.447 e. The van der Waals surface area contributed by atoms with Crippen LogP contribution in [0.2, 0.25) is 0 Å². The lowest BCUT2D eigenvalue weighted by Gasteiger charge is -2.34. The predicted molar refractivity (Wildman–Crippen MR) is 145 cm³/mol. The van der Waals surface area contributed by atoms with E-state index in [-0.39, 0.29) is 12.2 Å². The molecule has 44 heavy (non-hydrogen) atoms. The number of urea groups is 1. The Morgan fingerprint density at radius 2 is 1.39 bits per heavy atom. The van der Waals surface area contributed by atoms with Gasteiger partial charge in [0.25, 0.3) is 0 Å². The van der Waals surface area contributed by atoms with Crippen LogP contribution in [-0.2, 0) is 18.9 Å². The number of halogens is 6. The van der Waals surface area contributed by atoms with Gasteiger partial charge in [0.1, 0.15) is 5.75 Å². The van der Waals surface area contributed by atoms with Crippen LogP contribution in [0.15, 0.2) is 86.9 Å². The lowest BCUT2D eigenvalue weighted by molar-refractivity contribution is -0.138. The number of aromatic nitrogens is 2. The van der Waals surface area contributed by atoms with Gasteiger partial charge < -0.3 is 14.2 Å². The molecule has 1 aliphatic rings. The van der Waals surface area contributed by atoms with Gasteiger partial charge in [-0.3, -0.25) is 4.90 Å². The van der Waals surface area contributed by atoms with Crippen molar-refractivity contribution < 1.29 is 40.4 Å². The molecule has 1 aromatic heterocycles. The van der Waals surface area contributed by atoms with E-state index in [1.54, 1.807) is 24.3 Å². The molecular weight excluding hydrogens is 598 g/mol. The van der Waals surface area contributed by atoms with E-state index in [1.807, 2.05) is 0 Å². The van der Waals surface area contributed by atoms with Gasteiger partial charge in [-0.15, -0.1) is 4.74 Å². The fourth-order valence-electron chi connectivity index (χ4n) is 5.22. The van der Waals surface area contributed by atoms with Gasteiger partial charge in [-0.2, -0.15) is 30.9 Å². The molecule has 3 aromatic carbocycles. The van der Waals surface area contributed by atoms with E-state index in [0.29, 0.717) is 32.8 Å². The molecule has 5 rings (SSSR count). The second kappa shape index (κ2) is 10.6. The van der Waals surface area contributed by atoms with Crippen LogP contribution >= 0.6 is 0 Å². The van der Waals surface area contributed by atoms with Gasteiger partial charge in [0.15, 0.2) is 6.17 Å². The zero-order valence-corrected chi connectivity index (χ0v) is 23.3. The summed E-state index contributed by atoms with van der Waals surface area (Å²) in [6, 6.07) is 13.1. The molecule has 1 aliphatic heterocycles. The Bertz CT molecular complexity index is 1840. The van der Waals surface area contributed by atoms with Crippen molar-refractivity contribution in [2.45, 2.75) is 44.4 Å². The summed E-state index contributed by atoms with van der Waals surface area (Å²) in [5.74, 6) is -0.964. The number of carbonyl (C=O) groups excluding carboxylic acids is 1. The average molecular weight is 623 g/mol. The van der Waals surface area contributed by atoms with Crippen LogP contribution in [0.5, 0.6) is 5.75 Å². The van der Waals surface area contributed by atoms with Gasteiger partial charge in [-0.1, -0.05) is 30.3 Å². The van der Waals surface area contributed by atoms with Crippen molar-refractivity contribution in [3.8, 4) is 11.4 Å². The van der Waals surface area contributed by atoms with Gasteiger partial charge in [0.05, 0.1) is 36.0 Å². The average Bonchev–Trinajstić information content (AvgIpc) is 3.35. The molecule has 0 aliphatic carbocycles. The van der Waals surface area contributed by atoms with Gasteiger partial charge in [-0.25, -0.2) is 14.4 Å². The highest BCUT2D eigenvalue weighted by molar-refractivity contribution is 5.95. The second-order valence-electron chi connectivity index (χ2n) is 10.5. The fraction of sp³-hybridized carbons (Fsp3) is 0.276. The molecule has 0 radical (unpaired) electrons. The topological polar surface area (TPSA) is 89.9 Å². The molecule has 232 valence electrons. The summed E-state index contributed by atoms with van der Waals surface area (Å²) in [5, 5.41) is 0. The summed E-state index contributed by atoms with van der Waals surface area (Å²) in [5.41, 5.74) is -5.15. The molecule has 1 saturated heterocycles. The lowest BCUT2D eigenvalue weighted by Crippen LogP contribution is -2.46. The van der Waals surface area contributed by atoms with E-state index in [9.17, 15) is 40.7 Å². The van der Waals surface area contributed by atoms with Crippen molar-refractivity contribution in [3.05, 3.63) is 111 Å². The number of ether oxygens (including phenoxy) is 1. The molecule has 0 bridgehead atoms. The Kier molecular flexibility index (Phi) is 7.38. The summed E-state index contributed by atoms with van der Waals surface area (Å²) >= 11 is 0. The third-order valence-electron chi connectivity index (χ3n) is 7.37. The molecule has 15 heteroatoms. The number of alkyl halides is 6. The molecule has 0 N–H and O–H groups in total. The molecule has 0 saturated carbocycles. The van der Waals surface area contributed by atoms with Crippen molar-refractivity contribution in [3.63, 3.8) is 0 Å². The summed E-state index contributed by atoms with van der Waals surface area (Å²) in [6.07, 6.45) is -11.1. The molecular formula is C29H24F6N4O5. The SMILES string of the molecule is COc1ccccc1CN1C(=O)N(c2cccc(C(F)(F)F)c2)C(n2oc(=O)n(-c3cccc(C(F)(F)F)c3)c2=O)C1(C)C. The van der Waals surface area contributed by atoms with Gasteiger partial charge in [0.2, 0.25) is 0 Å². The Hall–Kier alpha value is -4.95. The molecule has 1 fully saturated rings. The van der Waals surface area contributed by atoms with E-state index in [1.165, 1.54) is 31.9 Å². The summed E-state index contributed by atoms with van der Waals surface area (Å²) < 4.78 is 92.6. The van der Waals surface area contributed by atoms with E-state index < -0.39 is 58.3 Å². The normalized spacial score (nSPS) is 16.9. The van der Waals surface area contributed by atoms with Crippen molar-refractivity contribution in [1.29, 1.82) is 0 Å². The first kappa shape index (κ1) is 30.5. The Morgan fingerprint density at radius 3 is 1.98 bits per heavy atom. The maximum absolute atomic E-state index is 14.1. The fourth-order valence-corrected chi connectivity index (χ4v) is 5.22. The first-order valence-electron chi connectivity index (χ1n) is 13.0. The number of para-hydroxylation sites is 1. The first-order chi connectivity index (χ1) is 20.6. The number of anilines is 1. The largest absolute Gasteiger partial charge is 0.496 e. The number of nitrogens with zero attached hydrogens (tertiary/aromatic N) is 4. The zero-order valence-electron chi connectivity index (χ0n) is 23.3. The highest BCUT2D eigenvalue weighted by Crippen LogP contribution is 2.44. The van der Waals surface area contributed by atoms with Gasteiger partial charge in [0, 0.05) is 11.3 Å². The predicted octanol–water partition coefficient (Wildman–Crippen LogP) is 6.06.